The number of methoxy groups -OCH3 is 1. The van der Waals surface area contributed by atoms with Crippen molar-refractivity contribution >= 4 is 11.6 Å². The van der Waals surface area contributed by atoms with E-state index in [9.17, 15) is 9.90 Å². The third-order valence-corrected chi connectivity index (χ3v) is 4.29. The topological polar surface area (TPSA) is 80.7 Å². The highest BCUT2D eigenvalue weighted by Crippen LogP contribution is 2.34. The molecule has 25 heavy (non-hydrogen) atoms. The smallest absolute Gasteiger partial charge is 0.274 e. The molecule has 6 heteroatoms. The standard InChI is InChI=1S/C19H22N2O4/c1-24-16-9-8-14(11-17(16)25-15-6-2-3-7-15)21-19(23)18-13(12-22)5-4-10-20-18/h4-5,8-11,15,22H,2-3,6-7,12H2,1H3,(H,21,23). The number of hydrogen-bond donors (Lipinski definition) is 2. The molecule has 1 aliphatic rings. The molecular weight excluding hydrogens is 320 g/mol. The number of hydrogen-bond acceptors (Lipinski definition) is 5. The van der Waals surface area contributed by atoms with Gasteiger partial charge in [0.25, 0.3) is 5.91 Å². The molecule has 0 saturated heterocycles. The van der Waals surface area contributed by atoms with Crippen molar-refractivity contribution in [2.45, 2.75) is 38.4 Å². The SMILES string of the molecule is COc1ccc(NC(=O)c2ncccc2CO)cc1OC1CCCC1. The van der Waals surface area contributed by atoms with E-state index in [0.29, 0.717) is 22.7 Å². The van der Waals surface area contributed by atoms with E-state index in [4.69, 9.17) is 9.47 Å². The second kappa shape index (κ2) is 7.98. The van der Waals surface area contributed by atoms with Gasteiger partial charge in [0.1, 0.15) is 5.69 Å². The van der Waals surface area contributed by atoms with E-state index < -0.39 is 0 Å². The second-order valence-electron chi connectivity index (χ2n) is 6.01. The maximum Gasteiger partial charge on any atom is 0.274 e. The summed E-state index contributed by atoms with van der Waals surface area (Å²) < 4.78 is 11.4. The molecule has 0 bridgehead atoms. The van der Waals surface area contributed by atoms with Gasteiger partial charge in [-0.15, -0.1) is 0 Å². The van der Waals surface area contributed by atoms with Crippen molar-refractivity contribution in [1.82, 2.24) is 4.98 Å². The minimum Gasteiger partial charge on any atom is -0.493 e. The number of anilines is 1. The van der Waals surface area contributed by atoms with Crippen LogP contribution in [0.1, 0.15) is 41.7 Å². The Kier molecular flexibility index (Phi) is 5.50. The Bertz CT molecular complexity index is 742. The van der Waals surface area contributed by atoms with Gasteiger partial charge >= 0.3 is 0 Å². The lowest BCUT2D eigenvalue weighted by molar-refractivity contribution is 0.101. The molecule has 1 heterocycles. The summed E-state index contributed by atoms with van der Waals surface area (Å²) in [6.07, 6.45) is 6.13. The lowest BCUT2D eigenvalue weighted by Gasteiger charge is -2.17. The molecule has 2 N–H and O–H groups in total. The summed E-state index contributed by atoms with van der Waals surface area (Å²) in [5, 5.41) is 12.2. The van der Waals surface area contributed by atoms with Gasteiger partial charge in [0.05, 0.1) is 19.8 Å². The predicted molar refractivity (Wildman–Crippen MR) is 94.0 cm³/mol. The number of nitrogens with zero attached hydrogens (tertiary/aromatic N) is 1. The molecule has 1 aliphatic carbocycles. The van der Waals surface area contributed by atoms with Crippen molar-refractivity contribution in [2.75, 3.05) is 12.4 Å². The van der Waals surface area contributed by atoms with Crippen molar-refractivity contribution in [3.05, 3.63) is 47.8 Å². The first kappa shape index (κ1) is 17.2. The molecule has 1 aromatic heterocycles. The monoisotopic (exact) mass is 342 g/mol. The van der Waals surface area contributed by atoms with Crippen LogP contribution in [0.2, 0.25) is 0 Å². The van der Waals surface area contributed by atoms with Gasteiger partial charge in [0.15, 0.2) is 11.5 Å². The van der Waals surface area contributed by atoms with Crippen molar-refractivity contribution < 1.29 is 19.4 Å². The van der Waals surface area contributed by atoms with E-state index >= 15 is 0 Å². The highest BCUT2D eigenvalue weighted by atomic mass is 16.5. The summed E-state index contributed by atoms with van der Waals surface area (Å²) in [4.78, 5) is 16.5. The molecule has 0 atom stereocenters. The zero-order chi connectivity index (χ0) is 17.6. The van der Waals surface area contributed by atoms with Crippen LogP contribution in [0.15, 0.2) is 36.5 Å². The Labute approximate surface area is 146 Å². The number of carbonyl (C=O) groups excluding carboxylic acids is 1. The first-order valence-corrected chi connectivity index (χ1v) is 8.42. The van der Waals surface area contributed by atoms with Gasteiger partial charge in [0.2, 0.25) is 0 Å². The number of pyridine rings is 1. The number of benzene rings is 1. The highest BCUT2D eigenvalue weighted by Gasteiger charge is 2.19. The summed E-state index contributed by atoms with van der Waals surface area (Å²) in [5.74, 6) is 0.885. The van der Waals surface area contributed by atoms with Crippen LogP contribution in [0.5, 0.6) is 11.5 Å². The highest BCUT2D eigenvalue weighted by molar-refractivity contribution is 6.04. The maximum absolute atomic E-state index is 12.4. The molecule has 0 spiro atoms. The number of aliphatic hydroxyl groups excluding tert-OH is 1. The second-order valence-corrected chi connectivity index (χ2v) is 6.01. The van der Waals surface area contributed by atoms with Crippen LogP contribution >= 0.6 is 0 Å². The number of aromatic nitrogens is 1. The van der Waals surface area contributed by atoms with Crippen LogP contribution in [0, 0.1) is 0 Å². The summed E-state index contributed by atoms with van der Waals surface area (Å²) in [7, 11) is 1.59. The quantitative estimate of drug-likeness (QED) is 0.843. The fourth-order valence-corrected chi connectivity index (χ4v) is 2.99. The Morgan fingerprint density at radius 3 is 2.80 bits per heavy atom. The molecule has 0 aliphatic heterocycles. The maximum atomic E-state index is 12.4. The number of nitrogens with one attached hydrogen (secondary N) is 1. The Morgan fingerprint density at radius 1 is 1.28 bits per heavy atom. The molecule has 0 unspecified atom stereocenters. The fourth-order valence-electron chi connectivity index (χ4n) is 2.99. The van der Waals surface area contributed by atoms with Crippen LogP contribution < -0.4 is 14.8 Å². The molecule has 3 rings (SSSR count). The van der Waals surface area contributed by atoms with Gasteiger partial charge in [-0.05, 0) is 43.9 Å². The van der Waals surface area contributed by atoms with Gasteiger partial charge in [-0.2, -0.15) is 0 Å². The number of aliphatic hydroxyl groups is 1. The Hall–Kier alpha value is -2.60. The van der Waals surface area contributed by atoms with E-state index in [2.05, 4.69) is 10.3 Å². The normalized spacial score (nSPS) is 14.3. The molecule has 6 nitrogen and oxygen atoms in total. The minimum atomic E-state index is -0.373. The van der Waals surface area contributed by atoms with Gasteiger partial charge < -0.3 is 19.9 Å². The molecule has 0 radical (unpaired) electrons. The fraction of sp³-hybridized carbons (Fsp3) is 0.368. The van der Waals surface area contributed by atoms with Crippen LogP contribution in [0.3, 0.4) is 0 Å². The van der Waals surface area contributed by atoms with Crippen molar-refractivity contribution in [3.63, 3.8) is 0 Å². The number of amides is 1. The number of rotatable bonds is 6. The largest absolute Gasteiger partial charge is 0.493 e. The van der Waals surface area contributed by atoms with Gasteiger partial charge in [-0.1, -0.05) is 6.07 Å². The van der Waals surface area contributed by atoms with Crippen LogP contribution in [0.4, 0.5) is 5.69 Å². The molecule has 2 aromatic rings. The van der Waals surface area contributed by atoms with Crippen molar-refractivity contribution in [2.24, 2.45) is 0 Å². The van der Waals surface area contributed by atoms with E-state index in [-0.39, 0.29) is 24.3 Å². The zero-order valence-electron chi connectivity index (χ0n) is 14.2. The predicted octanol–water partition coefficient (Wildman–Crippen LogP) is 3.16. The third kappa shape index (κ3) is 4.09. The molecule has 1 amide bonds. The van der Waals surface area contributed by atoms with E-state index in [1.165, 1.54) is 19.0 Å². The van der Waals surface area contributed by atoms with Crippen LogP contribution in [-0.4, -0.2) is 29.2 Å². The molecule has 132 valence electrons. The first-order valence-electron chi connectivity index (χ1n) is 8.42. The average molecular weight is 342 g/mol. The molecule has 1 saturated carbocycles. The molecule has 1 fully saturated rings. The minimum absolute atomic E-state index is 0.191. The van der Waals surface area contributed by atoms with Gasteiger partial charge in [0, 0.05) is 23.5 Å². The molecular formula is C19H22N2O4. The van der Waals surface area contributed by atoms with Crippen molar-refractivity contribution in [3.8, 4) is 11.5 Å². The Balaban J connectivity index is 1.78. The third-order valence-electron chi connectivity index (χ3n) is 4.29. The summed E-state index contributed by atoms with van der Waals surface area (Å²) in [6, 6.07) is 8.63. The van der Waals surface area contributed by atoms with Gasteiger partial charge in [-0.25, -0.2) is 0 Å². The summed E-state index contributed by atoms with van der Waals surface area (Å²) >= 11 is 0. The number of carbonyl (C=O) groups is 1. The lowest BCUT2D eigenvalue weighted by atomic mass is 10.2. The average Bonchev–Trinajstić information content (AvgIpc) is 3.15. The van der Waals surface area contributed by atoms with Crippen molar-refractivity contribution in [1.29, 1.82) is 0 Å². The van der Waals surface area contributed by atoms with E-state index in [1.807, 2.05) is 0 Å². The zero-order valence-corrected chi connectivity index (χ0v) is 14.2. The number of ether oxygens (including phenoxy) is 2. The summed E-state index contributed by atoms with van der Waals surface area (Å²) in [5.41, 5.74) is 1.28. The Morgan fingerprint density at radius 2 is 2.08 bits per heavy atom. The van der Waals surface area contributed by atoms with E-state index in [1.54, 1.807) is 37.4 Å². The van der Waals surface area contributed by atoms with E-state index in [0.717, 1.165) is 12.8 Å². The van der Waals surface area contributed by atoms with Gasteiger partial charge in [-0.3, -0.25) is 9.78 Å². The van der Waals surface area contributed by atoms with Crippen LogP contribution in [-0.2, 0) is 6.61 Å². The molecule has 1 aromatic carbocycles. The van der Waals surface area contributed by atoms with Crippen LogP contribution in [0.25, 0.3) is 0 Å². The lowest BCUT2D eigenvalue weighted by Crippen LogP contribution is -2.16. The first-order chi connectivity index (χ1) is 12.2. The summed E-state index contributed by atoms with van der Waals surface area (Å²) in [6.45, 7) is -0.241.